The van der Waals surface area contributed by atoms with Gasteiger partial charge in [-0.15, -0.1) is 0 Å². The van der Waals surface area contributed by atoms with E-state index in [9.17, 15) is 9.59 Å². The van der Waals surface area contributed by atoms with E-state index in [1.165, 1.54) is 14.2 Å². The van der Waals surface area contributed by atoms with Crippen LogP contribution >= 0.6 is 0 Å². The van der Waals surface area contributed by atoms with E-state index in [0.717, 1.165) is 0 Å². The average Bonchev–Trinajstić information content (AvgIpc) is 2.09. The summed E-state index contributed by atoms with van der Waals surface area (Å²) in [4.78, 5) is 22.6. The molecular weight excluding hydrogens is 174 g/mol. The summed E-state index contributed by atoms with van der Waals surface area (Å²) in [5, 5.41) is 0. The van der Waals surface area contributed by atoms with Crippen molar-refractivity contribution in [1.29, 1.82) is 0 Å². The summed E-state index contributed by atoms with van der Waals surface area (Å²) < 4.78 is 9.07. The third-order valence-corrected chi connectivity index (χ3v) is 2.37. The van der Waals surface area contributed by atoms with Crippen molar-refractivity contribution in [3.63, 3.8) is 0 Å². The van der Waals surface area contributed by atoms with Crippen LogP contribution in [-0.2, 0) is 19.1 Å². The van der Waals surface area contributed by atoms with Gasteiger partial charge >= 0.3 is 11.9 Å². The second-order valence-electron chi connectivity index (χ2n) is 3.23. The van der Waals surface area contributed by atoms with Crippen LogP contribution < -0.4 is 5.73 Å². The molecule has 0 unspecified atom stereocenters. The van der Waals surface area contributed by atoms with Crippen LogP contribution in [0.4, 0.5) is 0 Å². The predicted molar refractivity (Wildman–Crippen MR) is 43.7 cm³/mol. The Bertz CT molecular complexity index is 214. The molecule has 0 heterocycles. The lowest BCUT2D eigenvalue weighted by Crippen LogP contribution is -2.56. The van der Waals surface area contributed by atoms with Gasteiger partial charge in [0.15, 0.2) is 5.41 Å². The first-order chi connectivity index (χ1) is 6.06. The molecule has 74 valence electrons. The highest BCUT2D eigenvalue weighted by Gasteiger charge is 2.57. The van der Waals surface area contributed by atoms with Gasteiger partial charge in [0.05, 0.1) is 14.2 Å². The Labute approximate surface area is 76.2 Å². The standard InChI is InChI=1S/C8H13NO4/c1-12-6(10)8(7(11)13-2)3-5(9)4-8/h5H,3-4,9H2,1-2H3. The van der Waals surface area contributed by atoms with Crippen molar-refractivity contribution in [2.75, 3.05) is 14.2 Å². The molecule has 0 amide bonds. The summed E-state index contributed by atoms with van der Waals surface area (Å²) in [5.41, 5.74) is 4.39. The molecule has 1 rings (SSSR count). The van der Waals surface area contributed by atoms with Gasteiger partial charge in [-0.05, 0) is 12.8 Å². The molecule has 1 fully saturated rings. The first kappa shape index (κ1) is 9.98. The third kappa shape index (κ3) is 1.39. The number of nitrogens with two attached hydrogens (primary N) is 1. The number of ether oxygens (including phenoxy) is 2. The number of hydrogen-bond acceptors (Lipinski definition) is 5. The van der Waals surface area contributed by atoms with Crippen molar-refractivity contribution in [3.05, 3.63) is 0 Å². The zero-order valence-corrected chi connectivity index (χ0v) is 7.70. The van der Waals surface area contributed by atoms with Crippen molar-refractivity contribution in [2.45, 2.75) is 18.9 Å². The predicted octanol–water partition coefficient (Wildman–Crippen LogP) is -0.560. The number of carbonyl (C=O) groups excluding carboxylic acids is 2. The Morgan fingerprint density at radius 2 is 1.62 bits per heavy atom. The highest BCUT2D eigenvalue weighted by molar-refractivity contribution is 6.01. The molecule has 0 saturated heterocycles. The van der Waals surface area contributed by atoms with E-state index < -0.39 is 17.4 Å². The lowest BCUT2D eigenvalue weighted by Gasteiger charge is -2.40. The highest BCUT2D eigenvalue weighted by Crippen LogP contribution is 2.42. The first-order valence-electron chi connectivity index (χ1n) is 3.99. The van der Waals surface area contributed by atoms with Crippen LogP contribution in [0.3, 0.4) is 0 Å². The fraction of sp³-hybridized carbons (Fsp3) is 0.750. The highest BCUT2D eigenvalue weighted by atomic mass is 16.5. The van der Waals surface area contributed by atoms with Crippen LogP contribution in [0.1, 0.15) is 12.8 Å². The summed E-state index contributed by atoms with van der Waals surface area (Å²) in [6, 6.07) is -0.113. The van der Waals surface area contributed by atoms with E-state index in [4.69, 9.17) is 5.73 Å². The summed E-state index contributed by atoms with van der Waals surface area (Å²) in [6.07, 6.45) is 0.624. The van der Waals surface area contributed by atoms with Crippen LogP contribution in [0.15, 0.2) is 0 Å². The summed E-state index contributed by atoms with van der Waals surface area (Å²) >= 11 is 0. The fourth-order valence-corrected chi connectivity index (χ4v) is 1.64. The Morgan fingerprint density at radius 3 is 1.85 bits per heavy atom. The van der Waals surface area contributed by atoms with Crippen LogP contribution in [0.5, 0.6) is 0 Å². The van der Waals surface area contributed by atoms with Gasteiger partial charge in [-0.1, -0.05) is 0 Å². The number of esters is 2. The Morgan fingerprint density at radius 1 is 1.23 bits per heavy atom. The zero-order valence-electron chi connectivity index (χ0n) is 7.70. The normalized spacial score (nSPS) is 20.2. The SMILES string of the molecule is COC(=O)C1(C(=O)OC)CC(N)C1. The van der Waals surface area contributed by atoms with E-state index >= 15 is 0 Å². The zero-order chi connectivity index (χ0) is 10.1. The number of carbonyl (C=O) groups is 2. The summed E-state index contributed by atoms with van der Waals surface area (Å²) in [7, 11) is 2.49. The maximum absolute atomic E-state index is 11.3. The Balaban J connectivity index is 2.78. The number of methoxy groups -OCH3 is 2. The monoisotopic (exact) mass is 187 g/mol. The molecule has 1 aliphatic rings. The smallest absolute Gasteiger partial charge is 0.323 e. The van der Waals surface area contributed by atoms with Crippen molar-refractivity contribution in [2.24, 2.45) is 11.1 Å². The van der Waals surface area contributed by atoms with Crippen LogP contribution in [0, 0.1) is 5.41 Å². The molecule has 0 spiro atoms. The minimum absolute atomic E-state index is 0.113. The molecule has 0 bridgehead atoms. The third-order valence-electron chi connectivity index (χ3n) is 2.37. The van der Waals surface area contributed by atoms with E-state index in [1.54, 1.807) is 0 Å². The maximum Gasteiger partial charge on any atom is 0.323 e. The molecule has 13 heavy (non-hydrogen) atoms. The minimum Gasteiger partial charge on any atom is -0.468 e. The van der Waals surface area contributed by atoms with Crippen molar-refractivity contribution >= 4 is 11.9 Å². The molecule has 0 radical (unpaired) electrons. The fourth-order valence-electron chi connectivity index (χ4n) is 1.64. The van der Waals surface area contributed by atoms with Gasteiger partial charge in [0.1, 0.15) is 0 Å². The van der Waals surface area contributed by atoms with Crippen molar-refractivity contribution < 1.29 is 19.1 Å². The molecule has 5 heteroatoms. The summed E-state index contributed by atoms with van der Waals surface area (Å²) in [5.74, 6) is -1.11. The van der Waals surface area contributed by atoms with Crippen LogP contribution in [0.2, 0.25) is 0 Å². The topological polar surface area (TPSA) is 78.6 Å². The molecule has 2 N–H and O–H groups in total. The van der Waals surface area contributed by atoms with Gasteiger partial charge in [-0.2, -0.15) is 0 Å². The first-order valence-corrected chi connectivity index (χ1v) is 3.99. The molecule has 0 aromatic heterocycles. The number of rotatable bonds is 2. The molecule has 0 aromatic rings. The van der Waals surface area contributed by atoms with Gasteiger partial charge < -0.3 is 15.2 Å². The molecule has 1 saturated carbocycles. The van der Waals surface area contributed by atoms with Crippen LogP contribution in [-0.4, -0.2) is 32.2 Å². The van der Waals surface area contributed by atoms with Gasteiger partial charge in [0.25, 0.3) is 0 Å². The average molecular weight is 187 g/mol. The Hall–Kier alpha value is -1.10. The molecule has 5 nitrogen and oxygen atoms in total. The van der Waals surface area contributed by atoms with E-state index in [-0.39, 0.29) is 6.04 Å². The van der Waals surface area contributed by atoms with E-state index in [0.29, 0.717) is 12.8 Å². The molecule has 1 aliphatic carbocycles. The van der Waals surface area contributed by atoms with E-state index in [2.05, 4.69) is 9.47 Å². The van der Waals surface area contributed by atoms with Crippen molar-refractivity contribution in [3.8, 4) is 0 Å². The van der Waals surface area contributed by atoms with E-state index in [1.807, 2.05) is 0 Å². The second-order valence-corrected chi connectivity index (χ2v) is 3.23. The lowest BCUT2D eigenvalue weighted by molar-refractivity contribution is -0.177. The van der Waals surface area contributed by atoms with Gasteiger partial charge in [-0.3, -0.25) is 9.59 Å². The quantitative estimate of drug-likeness (QED) is 0.463. The van der Waals surface area contributed by atoms with Gasteiger partial charge in [0.2, 0.25) is 0 Å². The van der Waals surface area contributed by atoms with Gasteiger partial charge in [0, 0.05) is 6.04 Å². The minimum atomic E-state index is -1.14. The molecule has 0 aliphatic heterocycles. The number of hydrogen-bond donors (Lipinski definition) is 1. The largest absolute Gasteiger partial charge is 0.468 e. The van der Waals surface area contributed by atoms with Crippen LogP contribution in [0.25, 0.3) is 0 Å². The molecule has 0 atom stereocenters. The van der Waals surface area contributed by atoms with Gasteiger partial charge in [-0.25, -0.2) is 0 Å². The molecule has 0 aromatic carbocycles. The second kappa shape index (κ2) is 3.33. The maximum atomic E-state index is 11.3. The lowest BCUT2D eigenvalue weighted by atomic mass is 9.65. The summed E-state index contributed by atoms with van der Waals surface area (Å²) in [6.45, 7) is 0. The Kier molecular flexibility index (Phi) is 2.56. The van der Waals surface area contributed by atoms with Crippen molar-refractivity contribution in [1.82, 2.24) is 0 Å². The molecular formula is C8H13NO4.